The summed E-state index contributed by atoms with van der Waals surface area (Å²) in [7, 11) is 1.70. The number of ether oxygens (including phenoxy) is 1. The molecule has 5 heteroatoms. The molecule has 0 aromatic heterocycles. The third-order valence-electron chi connectivity index (χ3n) is 2.64. The first-order valence-electron chi connectivity index (χ1n) is 5.49. The summed E-state index contributed by atoms with van der Waals surface area (Å²) in [5.74, 6) is 0.347. The molecule has 0 amide bonds. The minimum absolute atomic E-state index is 0.183. The fourth-order valence-corrected chi connectivity index (χ4v) is 2.11. The van der Waals surface area contributed by atoms with Crippen molar-refractivity contribution in [1.29, 1.82) is 0 Å². The van der Waals surface area contributed by atoms with Crippen LogP contribution in [-0.4, -0.2) is 26.3 Å². The van der Waals surface area contributed by atoms with E-state index in [4.69, 9.17) is 22.1 Å². The van der Waals surface area contributed by atoms with Gasteiger partial charge in [-0.2, -0.15) is 0 Å². The van der Waals surface area contributed by atoms with Crippen molar-refractivity contribution in [2.75, 3.05) is 25.6 Å². The highest BCUT2D eigenvalue weighted by Gasteiger charge is 2.15. The molecular formula is C12H18BrClN2O. The van der Waals surface area contributed by atoms with Gasteiger partial charge in [-0.15, -0.1) is 0 Å². The lowest BCUT2D eigenvalue weighted by Crippen LogP contribution is -2.37. The van der Waals surface area contributed by atoms with Gasteiger partial charge >= 0.3 is 0 Å². The van der Waals surface area contributed by atoms with Crippen molar-refractivity contribution >= 4 is 33.2 Å². The first kappa shape index (κ1) is 14.8. The molecule has 0 radical (unpaired) electrons. The van der Waals surface area contributed by atoms with Crippen LogP contribution in [0.3, 0.4) is 0 Å². The van der Waals surface area contributed by atoms with Crippen LogP contribution in [0.2, 0.25) is 5.02 Å². The zero-order valence-corrected chi connectivity index (χ0v) is 12.4. The number of nitrogens with two attached hydrogens (primary N) is 1. The maximum Gasteiger partial charge on any atom is 0.0549 e. The van der Waals surface area contributed by atoms with Crippen molar-refractivity contribution < 1.29 is 4.74 Å². The molecule has 1 aromatic carbocycles. The van der Waals surface area contributed by atoms with Crippen molar-refractivity contribution in [3.8, 4) is 0 Å². The van der Waals surface area contributed by atoms with Crippen LogP contribution in [0.4, 0.5) is 5.69 Å². The molecule has 0 bridgehead atoms. The fourth-order valence-electron chi connectivity index (χ4n) is 1.61. The van der Waals surface area contributed by atoms with E-state index >= 15 is 0 Å². The highest BCUT2D eigenvalue weighted by Crippen LogP contribution is 2.26. The van der Waals surface area contributed by atoms with E-state index in [2.05, 4.69) is 28.2 Å². The van der Waals surface area contributed by atoms with Gasteiger partial charge in [-0.1, -0.05) is 18.5 Å². The molecule has 1 rings (SSSR count). The van der Waals surface area contributed by atoms with Gasteiger partial charge in [0.25, 0.3) is 0 Å². The number of anilines is 1. The number of benzene rings is 1. The van der Waals surface area contributed by atoms with Crippen molar-refractivity contribution in [2.24, 2.45) is 11.7 Å². The Balaban J connectivity index is 2.70. The Morgan fingerprint density at radius 2 is 2.24 bits per heavy atom. The average Bonchev–Trinajstić information content (AvgIpc) is 2.30. The Morgan fingerprint density at radius 1 is 1.53 bits per heavy atom. The molecule has 96 valence electrons. The summed E-state index contributed by atoms with van der Waals surface area (Å²) < 4.78 is 6.02. The lowest BCUT2D eigenvalue weighted by Gasteiger charge is -2.24. The van der Waals surface area contributed by atoms with Gasteiger partial charge in [-0.05, 0) is 34.1 Å². The largest absolute Gasteiger partial charge is 0.384 e. The maximum absolute atomic E-state index is 5.94. The predicted molar refractivity (Wildman–Crippen MR) is 76.7 cm³/mol. The normalized spacial score (nSPS) is 14.4. The van der Waals surface area contributed by atoms with E-state index < -0.39 is 0 Å². The Bertz CT molecular complexity index is 362. The Morgan fingerprint density at radius 3 is 2.76 bits per heavy atom. The minimum Gasteiger partial charge on any atom is -0.384 e. The van der Waals surface area contributed by atoms with Crippen LogP contribution >= 0.6 is 27.5 Å². The van der Waals surface area contributed by atoms with Gasteiger partial charge in [-0.3, -0.25) is 0 Å². The molecule has 0 aliphatic carbocycles. The Hall–Kier alpha value is -0.290. The number of nitrogens with one attached hydrogen (secondary N) is 1. The van der Waals surface area contributed by atoms with Crippen molar-refractivity contribution in [1.82, 2.24) is 0 Å². The zero-order chi connectivity index (χ0) is 12.8. The molecule has 1 aromatic rings. The first-order chi connectivity index (χ1) is 8.08. The summed E-state index contributed by atoms with van der Waals surface area (Å²) in [6, 6.07) is 5.92. The lowest BCUT2D eigenvalue weighted by atomic mass is 10.0. The summed E-state index contributed by atoms with van der Waals surface area (Å²) >= 11 is 9.34. The van der Waals surface area contributed by atoms with Gasteiger partial charge in [0.15, 0.2) is 0 Å². The smallest absolute Gasteiger partial charge is 0.0549 e. The third-order valence-corrected chi connectivity index (χ3v) is 3.86. The quantitative estimate of drug-likeness (QED) is 0.846. The van der Waals surface area contributed by atoms with Crippen LogP contribution in [-0.2, 0) is 4.74 Å². The van der Waals surface area contributed by atoms with Crippen LogP contribution < -0.4 is 11.1 Å². The van der Waals surface area contributed by atoms with Crippen molar-refractivity contribution in [3.63, 3.8) is 0 Å². The molecule has 0 fully saturated rings. The summed E-state index contributed by atoms with van der Waals surface area (Å²) in [5, 5.41) is 4.09. The van der Waals surface area contributed by atoms with E-state index in [0.29, 0.717) is 24.1 Å². The topological polar surface area (TPSA) is 47.3 Å². The molecule has 3 N–H and O–H groups in total. The highest BCUT2D eigenvalue weighted by molar-refractivity contribution is 9.10. The minimum atomic E-state index is 0.183. The van der Waals surface area contributed by atoms with E-state index in [0.717, 1.165) is 10.2 Å². The molecule has 17 heavy (non-hydrogen) atoms. The molecule has 2 unspecified atom stereocenters. The highest BCUT2D eigenvalue weighted by atomic mass is 79.9. The first-order valence-corrected chi connectivity index (χ1v) is 6.66. The summed E-state index contributed by atoms with van der Waals surface area (Å²) in [6.45, 7) is 3.35. The Kier molecular flexibility index (Phi) is 6.27. The molecule has 0 aliphatic heterocycles. The molecule has 0 heterocycles. The van der Waals surface area contributed by atoms with E-state index in [1.807, 2.05) is 18.2 Å². The van der Waals surface area contributed by atoms with Crippen LogP contribution in [0.25, 0.3) is 0 Å². The number of rotatable bonds is 6. The monoisotopic (exact) mass is 320 g/mol. The van der Waals surface area contributed by atoms with Gasteiger partial charge in [-0.25, -0.2) is 0 Å². The van der Waals surface area contributed by atoms with E-state index in [1.165, 1.54) is 0 Å². The third kappa shape index (κ3) is 4.47. The van der Waals surface area contributed by atoms with Crippen LogP contribution in [0.5, 0.6) is 0 Å². The molecule has 2 atom stereocenters. The number of hydrogen-bond donors (Lipinski definition) is 2. The second-order valence-electron chi connectivity index (χ2n) is 4.05. The predicted octanol–water partition coefficient (Wildman–Crippen LogP) is 3.12. The zero-order valence-electron chi connectivity index (χ0n) is 10.0. The van der Waals surface area contributed by atoms with Gasteiger partial charge in [0, 0.05) is 35.8 Å². The summed E-state index contributed by atoms with van der Waals surface area (Å²) in [5.41, 5.74) is 6.76. The molecule has 0 spiro atoms. The molecule has 0 saturated heterocycles. The second-order valence-corrected chi connectivity index (χ2v) is 5.31. The van der Waals surface area contributed by atoms with E-state index in [9.17, 15) is 0 Å². The number of hydrogen-bond acceptors (Lipinski definition) is 3. The van der Waals surface area contributed by atoms with Crippen molar-refractivity contribution in [2.45, 2.75) is 13.0 Å². The van der Waals surface area contributed by atoms with Gasteiger partial charge in [0.2, 0.25) is 0 Å². The average molecular weight is 322 g/mol. The van der Waals surface area contributed by atoms with Gasteiger partial charge < -0.3 is 15.8 Å². The summed E-state index contributed by atoms with van der Waals surface area (Å²) in [6.07, 6.45) is 0. The van der Waals surface area contributed by atoms with E-state index in [1.54, 1.807) is 7.11 Å². The standard InChI is InChI=1S/C12H18BrClN2O/c1-8(7-17-2)12(6-15)16-9-3-4-11(14)10(13)5-9/h3-5,8,12,16H,6-7,15H2,1-2H3. The van der Waals surface area contributed by atoms with Crippen molar-refractivity contribution in [3.05, 3.63) is 27.7 Å². The summed E-state index contributed by atoms with van der Waals surface area (Å²) in [4.78, 5) is 0. The van der Waals surface area contributed by atoms with Gasteiger partial charge in [0.05, 0.1) is 11.6 Å². The van der Waals surface area contributed by atoms with Crippen LogP contribution in [0, 0.1) is 5.92 Å². The van der Waals surface area contributed by atoms with Crippen LogP contribution in [0.15, 0.2) is 22.7 Å². The fraction of sp³-hybridized carbons (Fsp3) is 0.500. The van der Waals surface area contributed by atoms with E-state index in [-0.39, 0.29) is 6.04 Å². The lowest BCUT2D eigenvalue weighted by molar-refractivity contribution is 0.151. The molecular weight excluding hydrogens is 304 g/mol. The number of methoxy groups -OCH3 is 1. The molecule has 0 saturated carbocycles. The molecule has 3 nitrogen and oxygen atoms in total. The molecule has 0 aliphatic rings. The second kappa shape index (κ2) is 7.21. The van der Waals surface area contributed by atoms with Gasteiger partial charge in [0.1, 0.15) is 0 Å². The maximum atomic E-state index is 5.94. The van der Waals surface area contributed by atoms with Crippen LogP contribution in [0.1, 0.15) is 6.92 Å². The SMILES string of the molecule is COCC(C)C(CN)Nc1ccc(Cl)c(Br)c1. The Labute approximate surface area is 116 Å². The number of halogens is 2.